The Kier molecular flexibility index (Phi) is 11.9. The second-order valence-corrected chi connectivity index (χ2v) is 12.9. The summed E-state index contributed by atoms with van der Waals surface area (Å²) in [5, 5.41) is 3.21. The second-order valence-electron chi connectivity index (χ2n) is 9.79. The van der Waals surface area contributed by atoms with Crippen LogP contribution in [0, 0.1) is 6.92 Å². The average molecular weight is 639 g/mol. The van der Waals surface area contributed by atoms with Crippen LogP contribution in [0.15, 0.2) is 66.7 Å². The third-order valence-electron chi connectivity index (χ3n) is 6.64. The molecule has 0 spiro atoms. The maximum absolute atomic E-state index is 14.2. The van der Waals surface area contributed by atoms with Gasteiger partial charge in [0.05, 0.1) is 27.0 Å². The van der Waals surface area contributed by atoms with Crippen LogP contribution in [-0.4, -0.2) is 50.5 Å². The van der Waals surface area contributed by atoms with E-state index < -0.39 is 28.5 Å². The van der Waals surface area contributed by atoms with Crippen molar-refractivity contribution in [3.63, 3.8) is 0 Å². The number of carbonyl (C=O) groups excluding carboxylic acids is 2. The molecule has 0 radical (unpaired) electrons. The summed E-state index contributed by atoms with van der Waals surface area (Å²) in [5.74, 6) is -0.893. The van der Waals surface area contributed by atoms with Crippen LogP contribution in [0.3, 0.4) is 0 Å². The van der Waals surface area contributed by atoms with Crippen LogP contribution >= 0.6 is 34.8 Å². The number of hydrogen-bond donors (Lipinski definition) is 1. The maximum Gasteiger partial charge on any atom is 0.244 e. The third-order valence-corrected chi connectivity index (χ3v) is 8.79. The molecule has 0 fully saturated rings. The van der Waals surface area contributed by atoms with E-state index in [9.17, 15) is 18.0 Å². The number of sulfonamides is 1. The number of aryl methyl sites for hydroxylation is 1. The smallest absolute Gasteiger partial charge is 0.244 e. The van der Waals surface area contributed by atoms with Gasteiger partial charge >= 0.3 is 0 Å². The lowest BCUT2D eigenvalue weighted by atomic mass is 10.0. The molecule has 1 unspecified atom stereocenters. The van der Waals surface area contributed by atoms with Crippen molar-refractivity contribution in [2.45, 2.75) is 45.7 Å². The Bertz CT molecular complexity index is 1470. The van der Waals surface area contributed by atoms with E-state index in [4.69, 9.17) is 34.8 Å². The Labute approximate surface area is 257 Å². The molecule has 1 N–H and O–H groups in total. The number of hydrogen-bond acceptors (Lipinski definition) is 4. The first-order valence-corrected chi connectivity index (χ1v) is 16.2. The number of rotatable bonds is 13. The summed E-state index contributed by atoms with van der Waals surface area (Å²) in [6.07, 6.45) is 2.89. The lowest BCUT2D eigenvalue weighted by molar-refractivity contribution is -0.140. The van der Waals surface area contributed by atoms with Crippen molar-refractivity contribution < 1.29 is 18.0 Å². The van der Waals surface area contributed by atoms with Gasteiger partial charge < -0.3 is 10.2 Å². The quantitative estimate of drug-likeness (QED) is 0.176. The number of benzene rings is 3. The molecule has 2 amide bonds. The van der Waals surface area contributed by atoms with Crippen molar-refractivity contribution in [2.75, 3.05) is 23.7 Å². The third kappa shape index (κ3) is 9.10. The van der Waals surface area contributed by atoms with E-state index in [2.05, 4.69) is 5.32 Å². The molecular formula is C30H34Cl3N3O4S. The van der Waals surface area contributed by atoms with Crippen molar-refractivity contribution in [3.05, 3.63) is 98.5 Å². The van der Waals surface area contributed by atoms with Crippen LogP contribution in [0.2, 0.25) is 15.1 Å². The first-order valence-electron chi connectivity index (χ1n) is 13.2. The fourth-order valence-corrected chi connectivity index (χ4v) is 5.88. The summed E-state index contributed by atoms with van der Waals surface area (Å²) >= 11 is 18.6. The van der Waals surface area contributed by atoms with Gasteiger partial charge in [-0.15, -0.1) is 0 Å². The summed E-state index contributed by atoms with van der Waals surface area (Å²) in [5.41, 5.74) is 2.64. The number of amides is 2. The zero-order chi connectivity index (χ0) is 30.2. The van der Waals surface area contributed by atoms with E-state index in [1.54, 1.807) is 0 Å². The molecule has 0 bridgehead atoms. The molecule has 0 heterocycles. The highest BCUT2D eigenvalue weighted by Gasteiger charge is 2.33. The molecule has 3 aromatic carbocycles. The standard InChI is InChI=1S/C30H34Cl3N3O4S/c1-4-5-15-34-30(38)28(16-22-12-7-6-8-13-22)35(19-23-14-10-9-11-21(23)2)29(37)20-36(41(3,39)40)27-18-25(32)24(31)17-26(27)33/h6-14,17-18,28H,4-5,15-16,19-20H2,1-3H3,(H,34,38). The van der Waals surface area contributed by atoms with Gasteiger partial charge in [0.25, 0.3) is 0 Å². The van der Waals surface area contributed by atoms with Crippen LogP contribution in [0.4, 0.5) is 5.69 Å². The van der Waals surface area contributed by atoms with Gasteiger partial charge in [0.1, 0.15) is 12.6 Å². The molecule has 1 atom stereocenters. The SMILES string of the molecule is CCCCNC(=O)C(Cc1ccccc1)N(Cc1ccccc1C)C(=O)CN(c1cc(Cl)c(Cl)cc1Cl)S(C)(=O)=O. The fraction of sp³-hybridized carbons (Fsp3) is 0.333. The first kappa shape index (κ1) is 32.7. The van der Waals surface area contributed by atoms with Gasteiger partial charge in [0.2, 0.25) is 21.8 Å². The van der Waals surface area contributed by atoms with E-state index in [0.29, 0.717) is 6.54 Å². The Morgan fingerprint density at radius 1 is 0.927 bits per heavy atom. The number of unbranched alkanes of at least 4 members (excludes halogenated alkanes) is 1. The lowest BCUT2D eigenvalue weighted by Gasteiger charge is -2.34. The van der Waals surface area contributed by atoms with Crippen LogP contribution < -0.4 is 9.62 Å². The molecule has 0 aliphatic rings. The topological polar surface area (TPSA) is 86.8 Å². The van der Waals surface area contributed by atoms with Gasteiger partial charge in [-0.05, 0) is 42.2 Å². The van der Waals surface area contributed by atoms with Crippen molar-refractivity contribution in [1.82, 2.24) is 10.2 Å². The summed E-state index contributed by atoms with van der Waals surface area (Å²) < 4.78 is 26.8. The van der Waals surface area contributed by atoms with Crippen molar-refractivity contribution in [3.8, 4) is 0 Å². The van der Waals surface area contributed by atoms with Crippen LogP contribution in [-0.2, 0) is 32.6 Å². The minimum absolute atomic E-state index is 0.0137. The van der Waals surface area contributed by atoms with Gasteiger partial charge in [0, 0.05) is 19.5 Å². The molecule has 0 aliphatic carbocycles. The Morgan fingerprint density at radius 2 is 1.56 bits per heavy atom. The van der Waals surface area contributed by atoms with Crippen LogP contribution in [0.5, 0.6) is 0 Å². The van der Waals surface area contributed by atoms with Crippen molar-refractivity contribution >= 4 is 62.3 Å². The van der Waals surface area contributed by atoms with Gasteiger partial charge in [0.15, 0.2) is 0 Å². The highest BCUT2D eigenvalue weighted by Crippen LogP contribution is 2.35. The van der Waals surface area contributed by atoms with E-state index in [-0.39, 0.29) is 39.6 Å². The zero-order valence-corrected chi connectivity index (χ0v) is 26.3. The minimum Gasteiger partial charge on any atom is -0.354 e. The van der Waals surface area contributed by atoms with Gasteiger partial charge in [-0.2, -0.15) is 0 Å². The molecule has 3 rings (SSSR count). The van der Waals surface area contributed by atoms with Crippen LogP contribution in [0.1, 0.15) is 36.5 Å². The summed E-state index contributed by atoms with van der Waals surface area (Å²) in [7, 11) is -4.00. The Balaban J connectivity index is 2.08. The monoisotopic (exact) mass is 637 g/mol. The summed E-state index contributed by atoms with van der Waals surface area (Å²) in [6.45, 7) is 3.90. The summed E-state index contributed by atoms with van der Waals surface area (Å²) in [6, 6.07) is 18.7. The summed E-state index contributed by atoms with van der Waals surface area (Å²) in [4.78, 5) is 29.2. The molecule has 3 aromatic rings. The fourth-order valence-electron chi connectivity index (χ4n) is 4.33. The second kappa shape index (κ2) is 14.9. The van der Waals surface area contributed by atoms with Gasteiger partial charge in [-0.3, -0.25) is 13.9 Å². The predicted molar refractivity (Wildman–Crippen MR) is 167 cm³/mol. The number of nitrogens with zero attached hydrogens (tertiary/aromatic N) is 2. The number of nitrogens with one attached hydrogen (secondary N) is 1. The highest BCUT2D eigenvalue weighted by molar-refractivity contribution is 7.92. The number of carbonyl (C=O) groups is 2. The first-order chi connectivity index (χ1) is 19.4. The maximum atomic E-state index is 14.2. The zero-order valence-electron chi connectivity index (χ0n) is 23.2. The van der Waals surface area contributed by atoms with E-state index >= 15 is 0 Å². The largest absolute Gasteiger partial charge is 0.354 e. The Morgan fingerprint density at radius 3 is 2.20 bits per heavy atom. The molecule has 0 saturated heterocycles. The molecule has 11 heteroatoms. The number of halogens is 3. The molecule has 41 heavy (non-hydrogen) atoms. The predicted octanol–water partition coefficient (Wildman–Crippen LogP) is 6.28. The van der Waals surface area contributed by atoms with E-state index in [1.165, 1.54) is 17.0 Å². The molecular weight excluding hydrogens is 605 g/mol. The van der Waals surface area contributed by atoms with Gasteiger partial charge in [-0.1, -0.05) is 103 Å². The molecule has 0 aromatic heterocycles. The van der Waals surface area contributed by atoms with Crippen molar-refractivity contribution in [2.24, 2.45) is 0 Å². The average Bonchev–Trinajstić information content (AvgIpc) is 2.92. The molecule has 0 saturated carbocycles. The molecule has 220 valence electrons. The Hall–Kier alpha value is -2.78. The highest BCUT2D eigenvalue weighted by atomic mass is 35.5. The van der Waals surface area contributed by atoms with Gasteiger partial charge in [-0.25, -0.2) is 8.42 Å². The molecule has 7 nitrogen and oxygen atoms in total. The van der Waals surface area contributed by atoms with E-state index in [1.807, 2.05) is 68.4 Å². The van der Waals surface area contributed by atoms with Crippen molar-refractivity contribution in [1.29, 1.82) is 0 Å². The minimum atomic E-state index is -4.00. The molecule has 0 aliphatic heterocycles. The lowest BCUT2D eigenvalue weighted by Crippen LogP contribution is -2.53. The number of anilines is 1. The van der Waals surface area contributed by atoms with Crippen LogP contribution in [0.25, 0.3) is 0 Å². The normalized spacial score (nSPS) is 12.0. The van der Waals surface area contributed by atoms with E-state index in [0.717, 1.165) is 40.1 Å².